The summed E-state index contributed by atoms with van der Waals surface area (Å²) in [7, 11) is 0. The van der Waals surface area contributed by atoms with Gasteiger partial charge < -0.3 is 10.0 Å². The van der Waals surface area contributed by atoms with Crippen LogP contribution in [0.1, 0.15) is 24.2 Å². The van der Waals surface area contributed by atoms with Gasteiger partial charge in [-0.05, 0) is 24.0 Å². The van der Waals surface area contributed by atoms with Crippen molar-refractivity contribution in [2.24, 2.45) is 11.8 Å². The molecule has 6 heteroatoms. The van der Waals surface area contributed by atoms with Crippen LogP contribution < -0.4 is 4.90 Å². The first-order valence-corrected chi connectivity index (χ1v) is 6.17. The van der Waals surface area contributed by atoms with E-state index in [4.69, 9.17) is 5.11 Å². The number of carboxylic acid groups (broad SMARTS) is 1. The predicted molar refractivity (Wildman–Crippen MR) is 70.6 cm³/mol. The summed E-state index contributed by atoms with van der Waals surface area (Å²) in [6.45, 7) is 5.96. The molecule has 0 radical (unpaired) electrons. The molecule has 1 fully saturated rings. The lowest BCUT2D eigenvalue weighted by molar-refractivity contribution is -0.385. The molecule has 102 valence electrons. The van der Waals surface area contributed by atoms with Gasteiger partial charge in [0.25, 0.3) is 5.69 Å². The number of carboxylic acids is 1. The number of benzene rings is 1. The molecule has 2 unspecified atom stereocenters. The summed E-state index contributed by atoms with van der Waals surface area (Å²) in [5.41, 5.74) is 0.0964. The highest BCUT2D eigenvalue weighted by Crippen LogP contribution is 2.31. The summed E-state index contributed by atoms with van der Waals surface area (Å²) in [6, 6.07) is 4.30. The zero-order valence-electron chi connectivity index (χ0n) is 10.9. The minimum atomic E-state index is -1.28. The summed E-state index contributed by atoms with van der Waals surface area (Å²) in [5, 5.41) is 19.9. The first-order valence-electron chi connectivity index (χ1n) is 6.17. The minimum Gasteiger partial charge on any atom is -0.477 e. The van der Waals surface area contributed by atoms with E-state index >= 15 is 0 Å². The number of hydrogen-bond donors (Lipinski definition) is 1. The third kappa shape index (κ3) is 2.52. The number of anilines is 1. The molecule has 19 heavy (non-hydrogen) atoms. The van der Waals surface area contributed by atoms with Gasteiger partial charge in [0.05, 0.1) is 4.92 Å². The first-order chi connectivity index (χ1) is 8.90. The highest BCUT2D eigenvalue weighted by molar-refractivity contribution is 5.93. The second kappa shape index (κ2) is 4.87. The summed E-state index contributed by atoms with van der Waals surface area (Å²) in [5.74, 6) is -0.224. The molecule has 0 bridgehead atoms. The summed E-state index contributed by atoms with van der Waals surface area (Å²) in [4.78, 5) is 23.3. The van der Waals surface area contributed by atoms with Gasteiger partial charge in [0, 0.05) is 24.8 Å². The van der Waals surface area contributed by atoms with E-state index in [2.05, 4.69) is 18.7 Å². The van der Waals surface area contributed by atoms with Crippen LogP contribution in [0.2, 0.25) is 0 Å². The Kier molecular flexibility index (Phi) is 3.42. The lowest BCUT2D eigenvalue weighted by atomic mass is 10.0. The Hall–Kier alpha value is -2.11. The molecule has 1 heterocycles. The molecule has 0 aliphatic carbocycles. The lowest BCUT2D eigenvalue weighted by Crippen LogP contribution is -2.20. The van der Waals surface area contributed by atoms with Crippen molar-refractivity contribution in [3.05, 3.63) is 33.9 Å². The van der Waals surface area contributed by atoms with E-state index in [0.29, 0.717) is 17.5 Å². The number of aromatic carboxylic acids is 1. The van der Waals surface area contributed by atoms with Gasteiger partial charge in [-0.2, -0.15) is 0 Å². The van der Waals surface area contributed by atoms with Crippen molar-refractivity contribution in [1.29, 1.82) is 0 Å². The van der Waals surface area contributed by atoms with Gasteiger partial charge >= 0.3 is 5.97 Å². The SMILES string of the molecule is CC1CN(c2ccc(C(=O)O)c([N+](=O)[O-])c2)CC1C. The largest absolute Gasteiger partial charge is 0.477 e. The monoisotopic (exact) mass is 264 g/mol. The lowest BCUT2D eigenvalue weighted by Gasteiger charge is -2.18. The smallest absolute Gasteiger partial charge is 0.342 e. The maximum atomic E-state index is 10.9. The van der Waals surface area contributed by atoms with Gasteiger partial charge in [0.2, 0.25) is 0 Å². The normalized spacial score (nSPS) is 22.5. The minimum absolute atomic E-state index is 0.269. The molecular weight excluding hydrogens is 248 g/mol. The van der Waals surface area contributed by atoms with Crippen LogP contribution in [-0.4, -0.2) is 29.1 Å². The van der Waals surface area contributed by atoms with Crippen molar-refractivity contribution >= 4 is 17.3 Å². The first kappa shape index (κ1) is 13.3. The van der Waals surface area contributed by atoms with Gasteiger partial charge in [-0.1, -0.05) is 13.8 Å². The number of nitro groups is 1. The Bertz CT molecular complexity index is 519. The van der Waals surface area contributed by atoms with Gasteiger partial charge in [0.15, 0.2) is 0 Å². The molecule has 0 amide bonds. The van der Waals surface area contributed by atoms with E-state index < -0.39 is 10.9 Å². The van der Waals surface area contributed by atoms with Gasteiger partial charge in [0.1, 0.15) is 5.56 Å². The zero-order chi connectivity index (χ0) is 14.2. The second-order valence-corrected chi connectivity index (χ2v) is 5.12. The molecule has 1 aliphatic heterocycles. The highest BCUT2D eigenvalue weighted by Gasteiger charge is 2.28. The molecule has 2 atom stereocenters. The van der Waals surface area contributed by atoms with Crippen LogP contribution in [0.25, 0.3) is 0 Å². The van der Waals surface area contributed by atoms with Crippen LogP contribution in [0.5, 0.6) is 0 Å². The second-order valence-electron chi connectivity index (χ2n) is 5.12. The molecule has 1 saturated heterocycles. The molecule has 1 aliphatic rings. The van der Waals surface area contributed by atoms with E-state index in [1.165, 1.54) is 12.1 Å². The zero-order valence-corrected chi connectivity index (χ0v) is 10.9. The molecule has 0 spiro atoms. The Morgan fingerprint density at radius 1 is 1.37 bits per heavy atom. The van der Waals surface area contributed by atoms with Crippen LogP contribution in [0.3, 0.4) is 0 Å². The third-order valence-corrected chi connectivity index (χ3v) is 3.76. The average molecular weight is 264 g/mol. The van der Waals surface area contributed by atoms with Crippen molar-refractivity contribution in [1.82, 2.24) is 0 Å². The van der Waals surface area contributed by atoms with Crippen molar-refractivity contribution in [3.8, 4) is 0 Å². The summed E-state index contributed by atoms with van der Waals surface area (Å²) < 4.78 is 0. The summed E-state index contributed by atoms with van der Waals surface area (Å²) in [6.07, 6.45) is 0. The Morgan fingerprint density at radius 2 is 1.95 bits per heavy atom. The predicted octanol–water partition coefficient (Wildman–Crippen LogP) is 2.39. The highest BCUT2D eigenvalue weighted by atomic mass is 16.6. The maximum absolute atomic E-state index is 10.9. The van der Waals surface area contributed by atoms with Crippen LogP contribution in [-0.2, 0) is 0 Å². The average Bonchev–Trinajstić information content (AvgIpc) is 2.68. The Morgan fingerprint density at radius 3 is 2.42 bits per heavy atom. The molecule has 1 N–H and O–H groups in total. The molecule has 0 saturated carbocycles. The molecular formula is C13H16N2O4. The van der Waals surface area contributed by atoms with Crippen LogP contribution in [0, 0.1) is 22.0 Å². The number of rotatable bonds is 3. The number of carbonyl (C=O) groups is 1. The fourth-order valence-corrected chi connectivity index (χ4v) is 2.39. The Balaban J connectivity index is 2.36. The van der Waals surface area contributed by atoms with Gasteiger partial charge in [-0.3, -0.25) is 10.1 Å². The molecule has 2 rings (SSSR count). The van der Waals surface area contributed by atoms with Gasteiger partial charge in [-0.15, -0.1) is 0 Å². The molecule has 6 nitrogen and oxygen atoms in total. The van der Waals surface area contributed by atoms with Crippen molar-refractivity contribution in [3.63, 3.8) is 0 Å². The summed E-state index contributed by atoms with van der Waals surface area (Å²) >= 11 is 0. The number of hydrogen-bond acceptors (Lipinski definition) is 4. The fraction of sp³-hybridized carbons (Fsp3) is 0.462. The van der Waals surface area contributed by atoms with Crippen molar-refractivity contribution in [2.75, 3.05) is 18.0 Å². The van der Waals surface area contributed by atoms with E-state index in [1.807, 2.05) is 0 Å². The van der Waals surface area contributed by atoms with E-state index in [0.717, 1.165) is 13.1 Å². The van der Waals surface area contributed by atoms with Crippen molar-refractivity contribution in [2.45, 2.75) is 13.8 Å². The quantitative estimate of drug-likeness (QED) is 0.669. The van der Waals surface area contributed by atoms with Crippen LogP contribution in [0.15, 0.2) is 18.2 Å². The standard InChI is InChI=1S/C13H16N2O4/c1-8-6-14(7-9(8)2)10-3-4-11(13(16)17)12(5-10)15(18)19/h3-5,8-9H,6-7H2,1-2H3,(H,16,17). The third-order valence-electron chi connectivity index (χ3n) is 3.76. The van der Waals surface area contributed by atoms with E-state index in [-0.39, 0.29) is 11.3 Å². The fourth-order valence-electron chi connectivity index (χ4n) is 2.39. The molecule has 1 aromatic carbocycles. The molecule has 1 aromatic rings. The Labute approximate surface area is 110 Å². The number of nitrogens with zero attached hydrogens (tertiary/aromatic N) is 2. The maximum Gasteiger partial charge on any atom is 0.342 e. The van der Waals surface area contributed by atoms with E-state index in [9.17, 15) is 14.9 Å². The van der Waals surface area contributed by atoms with Crippen LogP contribution in [0.4, 0.5) is 11.4 Å². The molecule has 0 aromatic heterocycles. The van der Waals surface area contributed by atoms with Crippen LogP contribution >= 0.6 is 0 Å². The van der Waals surface area contributed by atoms with Gasteiger partial charge in [-0.25, -0.2) is 4.79 Å². The topological polar surface area (TPSA) is 83.7 Å². The van der Waals surface area contributed by atoms with E-state index in [1.54, 1.807) is 6.07 Å². The van der Waals surface area contributed by atoms with Crippen molar-refractivity contribution < 1.29 is 14.8 Å². The number of nitro benzene ring substituents is 1.